The summed E-state index contributed by atoms with van der Waals surface area (Å²) in [6.07, 6.45) is -0.966. The average molecular weight is 238 g/mol. The van der Waals surface area contributed by atoms with Gasteiger partial charge in [0.15, 0.2) is 17.5 Å². The minimum Gasteiger partial charge on any atom is -0.424 e. The number of rotatable bonds is 3. The van der Waals surface area contributed by atoms with Gasteiger partial charge in [-0.1, -0.05) is 18.2 Å². The number of ether oxygens (including phenoxy) is 2. The Morgan fingerprint density at radius 1 is 1.41 bits per heavy atom. The summed E-state index contributed by atoms with van der Waals surface area (Å²) in [5, 5.41) is 18.7. The summed E-state index contributed by atoms with van der Waals surface area (Å²) in [6.45, 7) is 2.63. The normalized spacial score (nSPS) is 27.6. The zero-order chi connectivity index (χ0) is 12.7. The van der Waals surface area contributed by atoms with E-state index >= 15 is 0 Å². The molecule has 0 radical (unpaired) electrons. The van der Waals surface area contributed by atoms with Gasteiger partial charge in [-0.15, -0.1) is 0 Å². The zero-order valence-electron chi connectivity index (χ0n) is 9.58. The first kappa shape index (κ1) is 12.0. The second-order valence-corrected chi connectivity index (χ2v) is 4.40. The van der Waals surface area contributed by atoms with E-state index in [1.807, 2.05) is 0 Å². The van der Waals surface area contributed by atoms with Gasteiger partial charge in [-0.05, 0) is 26.0 Å². The molecule has 1 fully saturated rings. The summed E-state index contributed by atoms with van der Waals surface area (Å²) in [7, 11) is 0. The molecule has 5 heteroatoms. The van der Waals surface area contributed by atoms with Gasteiger partial charge in [-0.3, -0.25) is 0 Å². The van der Waals surface area contributed by atoms with Gasteiger partial charge in [0.05, 0.1) is 0 Å². The highest BCUT2D eigenvalue weighted by Gasteiger charge is 2.67. The lowest BCUT2D eigenvalue weighted by Crippen LogP contribution is -2.39. The number of hydrogen-bond acceptors (Lipinski definition) is 5. The van der Waals surface area contributed by atoms with Crippen molar-refractivity contribution in [3.8, 4) is 5.75 Å². The van der Waals surface area contributed by atoms with Crippen LogP contribution in [0.2, 0.25) is 0 Å². The first-order valence-corrected chi connectivity index (χ1v) is 5.24. The smallest absolute Gasteiger partial charge is 0.346 e. The van der Waals surface area contributed by atoms with Crippen LogP contribution in [0.15, 0.2) is 30.3 Å². The molecule has 2 unspecified atom stereocenters. The van der Waals surface area contributed by atoms with Gasteiger partial charge < -0.3 is 19.7 Å². The summed E-state index contributed by atoms with van der Waals surface area (Å²) in [5.41, 5.74) is -1.30. The van der Waals surface area contributed by atoms with E-state index in [0.717, 1.165) is 0 Å². The molecule has 1 aliphatic heterocycles. The van der Waals surface area contributed by atoms with Crippen LogP contribution in [0.3, 0.4) is 0 Å². The Hall–Kier alpha value is -1.43. The number of carbonyl (C=O) groups is 1. The number of carbonyl (C=O) groups excluding carboxylic acids is 1. The van der Waals surface area contributed by atoms with Crippen LogP contribution in [-0.2, 0) is 9.53 Å². The third-order valence-corrected chi connectivity index (χ3v) is 2.66. The Kier molecular flexibility index (Phi) is 2.69. The molecule has 5 nitrogen and oxygen atoms in total. The van der Waals surface area contributed by atoms with Gasteiger partial charge in [-0.2, -0.15) is 0 Å². The first-order valence-electron chi connectivity index (χ1n) is 5.24. The standard InChI is InChI=1S/C12H14O5/c1-11(9(17-11)12(2,14)15)10(13)16-8-6-4-3-5-7-8/h3-7,9,14-15H,1-2H3. The van der Waals surface area contributed by atoms with E-state index in [1.165, 1.54) is 13.8 Å². The SMILES string of the molecule is CC(O)(O)C1OC1(C)C(=O)Oc1ccccc1. The van der Waals surface area contributed by atoms with Crippen LogP contribution in [0.5, 0.6) is 5.75 Å². The minimum absolute atomic E-state index is 0.394. The first-order chi connectivity index (χ1) is 7.84. The molecule has 1 aromatic rings. The highest BCUT2D eigenvalue weighted by atomic mass is 16.7. The van der Waals surface area contributed by atoms with Crippen LogP contribution in [-0.4, -0.2) is 33.7 Å². The molecule has 2 atom stereocenters. The molecule has 1 saturated heterocycles. The number of epoxide rings is 1. The molecular weight excluding hydrogens is 224 g/mol. The maximum absolute atomic E-state index is 11.8. The summed E-state index contributed by atoms with van der Waals surface area (Å²) >= 11 is 0. The van der Waals surface area contributed by atoms with E-state index in [2.05, 4.69) is 0 Å². The van der Waals surface area contributed by atoms with Crippen molar-refractivity contribution in [3.05, 3.63) is 30.3 Å². The van der Waals surface area contributed by atoms with E-state index in [-0.39, 0.29) is 0 Å². The summed E-state index contributed by atoms with van der Waals surface area (Å²) in [6, 6.07) is 8.54. The van der Waals surface area contributed by atoms with Gasteiger partial charge in [0.2, 0.25) is 0 Å². The summed E-state index contributed by atoms with van der Waals surface area (Å²) in [4.78, 5) is 11.8. The molecule has 0 aromatic heterocycles. The van der Waals surface area contributed by atoms with Crippen LogP contribution < -0.4 is 4.74 Å². The van der Waals surface area contributed by atoms with E-state index in [0.29, 0.717) is 5.75 Å². The molecule has 2 N–H and O–H groups in total. The van der Waals surface area contributed by atoms with Crippen LogP contribution in [0, 0.1) is 0 Å². The predicted octanol–water partition coefficient (Wildman–Crippen LogP) is 0.450. The fourth-order valence-electron chi connectivity index (χ4n) is 1.70. The Bertz CT molecular complexity index is 422. The molecule has 1 aromatic carbocycles. The molecular formula is C12H14O5. The molecule has 17 heavy (non-hydrogen) atoms. The zero-order valence-corrected chi connectivity index (χ0v) is 9.58. The van der Waals surface area contributed by atoms with Crippen molar-refractivity contribution in [2.45, 2.75) is 31.3 Å². The Balaban J connectivity index is 2.04. The number of para-hydroxylation sites is 1. The molecule has 92 valence electrons. The highest BCUT2D eigenvalue weighted by Crippen LogP contribution is 2.43. The number of aliphatic hydroxyl groups is 2. The number of hydrogen-bond donors (Lipinski definition) is 2. The van der Waals surface area contributed by atoms with E-state index in [4.69, 9.17) is 9.47 Å². The van der Waals surface area contributed by atoms with Crippen molar-refractivity contribution < 1.29 is 24.5 Å². The maximum Gasteiger partial charge on any atom is 0.346 e. The topological polar surface area (TPSA) is 79.3 Å². The van der Waals surface area contributed by atoms with Crippen molar-refractivity contribution in [1.29, 1.82) is 0 Å². The third-order valence-electron chi connectivity index (χ3n) is 2.66. The molecule has 0 aliphatic carbocycles. The second-order valence-electron chi connectivity index (χ2n) is 4.40. The van der Waals surface area contributed by atoms with Crippen molar-refractivity contribution in [1.82, 2.24) is 0 Å². The predicted molar refractivity (Wildman–Crippen MR) is 58.2 cm³/mol. The van der Waals surface area contributed by atoms with Crippen LogP contribution >= 0.6 is 0 Å². The van der Waals surface area contributed by atoms with Gasteiger partial charge in [0.25, 0.3) is 0 Å². The van der Waals surface area contributed by atoms with Gasteiger partial charge in [-0.25, -0.2) is 4.79 Å². The van der Waals surface area contributed by atoms with Crippen molar-refractivity contribution in [2.75, 3.05) is 0 Å². The monoisotopic (exact) mass is 238 g/mol. The van der Waals surface area contributed by atoms with Gasteiger partial charge >= 0.3 is 5.97 Å². The van der Waals surface area contributed by atoms with Crippen LogP contribution in [0.4, 0.5) is 0 Å². The van der Waals surface area contributed by atoms with Gasteiger partial charge in [0, 0.05) is 0 Å². The Labute approximate surface area is 98.6 Å². The van der Waals surface area contributed by atoms with Crippen molar-refractivity contribution in [2.24, 2.45) is 0 Å². The van der Waals surface area contributed by atoms with Gasteiger partial charge in [0.1, 0.15) is 5.75 Å². The molecule has 0 amide bonds. The fourth-order valence-corrected chi connectivity index (χ4v) is 1.70. The lowest BCUT2D eigenvalue weighted by Gasteiger charge is -2.14. The van der Waals surface area contributed by atoms with Crippen molar-refractivity contribution in [3.63, 3.8) is 0 Å². The third kappa shape index (κ3) is 2.31. The van der Waals surface area contributed by atoms with Crippen LogP contribution in [0.25, 0.3) is 0 Å². The van der Waals surface area contributed by atoms with E-state index in [9.17, 15) is 15.0 Å². The molecule has 0 bridgehead atoms. The number of benzene rings is 1. The van der Waals surface area contributed by atoms with E-state index < -0.39 is 23.5 Å². The molecule has 0 spiro atoms. The molecule has 0 saturated carbocycles. The van der Waals surface area contributed by atoms with Crippen molar-refractivity contribution >= 4 is 5.97 Å². The minimum atomic E-state index is -2.05. The molecule has 1 aliphatic rings. The number of esters is 1. The molecule has 1 heterocycles. The Morgan fingerprint density at radius 2 is 2.00 bits per heavy atom. The average Bonchev–Trinajstić information content (AvgIpc) is 2.94. The van der Waals surface area contributed by atoms with E-state index in [1.54, 1.807) is 30.3 Å². The quantitative estimate of drug-likeness (QED) is 0.346. The summed E-state index contributed by atoms with van der Waals surface area (Å²) < 4.78 is 10.1. The highest BCUT2D eigenvalue weighted by molar-refractivity contribution is 5.85. The lowest BCUT2D eigenvalue weighted by atomic mass is 10.0. The largest absolute Gasteiger partial charge is 0.424 e. The molecule has 2 rings (SSSR count). The Morgan fingerprint density at radius 3 is 2.47 bits per heavy atom. The fraction of sp³-hybridized carbons (Fsp3) is 0.417. The van der Waals surface area contributed by atoms with Crippen LogP contribution in [0.1, 0.15) is 13.8 Å². The second kappa shape index (κ2) is 3.80. The summed E-state index contributed by atoms with van der Waals surface area (Å²) in [5.74, 6) is -2.29. The lowest BCUT2D eigenvalue weighted by molar-refractivity contribution is -0.161. The maximum atomic E-state index is 11.8.